The first-order valence-electron chi connectivity index (χ1n) is 13.4. The summed E-state index contributed by atoms with van der Waals surface area (Å²) in [6.45, 7) is 2.74. The molecule has 3 aromatic rings. The van der Waals surface area contributed by atoms with Crippen molar-refractivity contribution in [2.45, 2.75) is 37.5 Å². The molecular formula is C26H29ClN9O7S2+. The van der Waals surface area contributed by atoms with Crippen LogP contribution in [0.4, 0.5) is 10.9 Å². The number of pyridine rings is 1. The summed E-state index contributed by atoms with van der Waals surface area (Å²) in [5.41, 5.74) is 13.4. The molecule has 19 heteroatoms. The average molecular weight is 679 g/mol. The third kappa shape index (κ3) is 6.13. The molecule has 45 heavy (non-hydrogen) atoms. The fourth-order valence-electron chi connectivity index (χ4n) is 4.96. The lowest BCUT2D eigenvalue weighted by Gasteiger charge is -2.49. The molecule has 5 heterocycles. The van der Waals surface area contributed by atoms with E-state index in [0.29, 0.717) is 24.5 Å². The Kier molecular flexibility index (Phi) is 9.19. The van der Waals surface area contributed by atoms with E-state index in [-0.39, 0.29) is 33.2 Å². The van der Waals surface area contributed by atoms with Gasteiger partial charge in [-0.2, -0.15) is 4.57 Å². The first-order chi connectivity index (χ1) is 21.4. The number of nitrogens with zero attached hydrogens (tertiary/aromatic N) is 5. The van der Waals surface area contributed by atoms with Crippen LogP contribution in [0.2, 0.25) is 4.34 Å². The number of rotatable bonds is 12. The highest BCUT2D eigenvalue weighted by atomic mass is 35.5. The van der Waals surface area contributed by atoms with E-state index < -0.39 is 47.0 Å². The Morgan fingerprint density at radius 1 is 1.33 bits per heavy atom. The number of carbonyl (C=O) groups is 4. The number of oxime groups is 1. The Balaban J connectivity index is 1.39. The number of carboxylic acid groups (broad SMARTS) is 2. The van der Waals surface area contributed by atoms with Gasteiger partial charge in [-0.1, -0.05) is 28.1 Å². The quantitative estimate of drug-likeness (QED) is 0.0646. The fraction of sp³-hybridized carbons (Fsp3) is 0.346. The van der Waals surface area contributed by atoms with Crippen LogP contribution >= 0.6 is 34.7 Å². The number of nitrogen functional groups attached to an aromatic ring is 2. The summed E-state index contributed by atoms with van der Waals surface area (Å²) in [6.07, 6.45) is 0.407. The number of aromatic nitrogens is 3. The van der Waals surface area contributed by atoms with Crippen LogP contribution in [-0.4, -0.2) is 91.0 Å². The Morgan fingerprint density at radius 2 is 2.09 bits per heavy atom. The molecule has 5 rings (SSSR count). The fourth-order valence-corrected chi connectivity index (χ4v) is 7.22. The molecule has 1 saturated heterocycles. The van der Waals surface area contributed by atoms with Crippen molar-refractivity contribution in [2.75, 3.05) is 30.8 Å². The number of halogens is 1. The molecule has 2 aliphatic heterocycles. The second-order valence-corrected chi connectivity index (χ2v) is 12.8. The van der Waals surface area contributed by atoms with Gasteiger partial charge in [-0.05, 0) is 20.0 Å². The number of anilines is 2. The molecular weight excluding hydrogens is 650 g/mol. The van der Waals surface area contributed by atoms with E-state index in [2.05, 4.69) is 20.8 Å². The topological polar surface area (TPSA) is 231 Å². The number of aliphatic carboxylic acids is 2. The maximum Gasteiger partial charge on any atom is 0.352 e. The Labute approximate surface area is 268 Å². The van der Waals surface area contributed by atoms with Gasteiger partial charge in [-0.3, -0.25) is 14.5 Å². The molecule has 2 aliphatic rings. The van der Waals surface area contributed by atoms with Crippen LogP contribution in [0.3, 0.4) is 0 Å². The number of nitrogens with two attached hydrogens (primary N) is 2. The minimum absolute atomic E-state index is 0.00558. The summed E-state index contributed by atoms with van der Waals surface area (Å²) >= 11 is 8.32. The van der Waals surface area contributed by atoms with Gasteiger partial charge in [0.05, 0.1) is 6.07 Å². The molecule has 238 valence electrons. The molecule has 0 aliphatic carbocycles. The molecule has 8 N–H and O–H groups in total. The van der Waals surface area contributed by atoms with E-state index in [9.17, 15) is 24.3 Å². The Morgan fingerprint density at radius 3 is 2.73 bits per heavy atom. The highest BCUT2D eigenvalue weighted by Crippen LogP contribution is 2.40. The summed E-state index contributed by atoms with van der Waals surface area (Å²) < 4.78 is 3.84. The van der Waals surface area contributed by atoms with Gasteiger partial charge < -0.3 is 41.7 Å². The van der Waals surface area contributed by atoms with Crippen LogP contribution < -0.4 is 26.7 Å². The molecule has 16 nitrogen and oxygen atoms in total. The van der Waals surface area contributed by atoms with Crippen LogP contribution in [0, 0.1) is 0 Å². The van der Waals surface area contributed by atoms with Gasteiger partial charge in [-0.15, -0.1) is 11.8 Å². The molecule has 3 aromatic heterocycles. The molecule has 0 bridgehead atoms. The molecule has 0 aromatic carbocycles. The van der Waals surface area contributed by atoms with Crippen LogP contribution in [0.1, 0.15) is 12.6 Å². The minimum atomic E-state index is -1.41. The van der Waals surface area contributed by atoms with Gasteiger partial charge >= 0.3 is 11.9 Å². The smallest absolute Gasteiger partial charge is 0.352 e. The molecule has 0 radical (unpaired) electrons. The predicted molar refractivity (Wildman–Crippen MR) is 166 cm³/mol. The van der Waals surface area contributed by atoms with Gasteiger partial charge in [0, 0.05) is 30.5 Å². The van der Waals surface area contributed by atoms with E-state index in [1.165, 1.54) is 18.7 Å². The highest BCUT2D eigenvalue weighted by Gasteiger charge is 2.55. The van der Waals surface area contributed by atoms with Crippen LogP contribution in [0.25, 0.3) is 11.0 Å². The molecule has 1 fully saturated rings. The summed E-state index contributed by atoms with van der Waals surface area (Å²) in [6, 6.07) is 4.49. The highest BCUT2D eigenvalue weighted by molar-refractivity contribution is 8.00. The van der Waals surface area contributed by atoms with Crippen molar-refractivity contribution in [2.24, 2.45) is 5.16 Å². The van der Waals surface area contributed by atoms with E-state index in [1.54, 1.807) is 0 Å². The first kappa shape index (κ1) is 32.0. The standard InChI is InChI=1S/C26H28ClN9O7S2/c1-11(24(39)40)43-33-17(16-20(27)45-26(29)32-16)21(37)31-18-22(38)36-19(25(41)42)12(10-44-23(18)36)9-34-6-3-4-13-14(34)8-15(28)35(13)7-5-30-2/h3-4,6,8,11,18,23,28,30H,5,7,9-10H2,1-2H3,(H5,29,31,32,37,39,40,41,42)/p+1/t11-,18+,23?/m0/s1. The SMILES string of the molecule is CNCCn1c(N)cc2c1ccc[n+]2CC1=C(C(=O)O)N2C(=O)[C@@H](NC(=O)C(=NO[C@@H](C)C(=O)O)c3nc(N)sc3Cl)C2SC1. The number of carboxylic acids is 2. The van der Waals surface area contributed by atoms with Crippen molar-refractivity contribution in [3.8, 4) is 0 Å². The van der Waals surface area contributed by atoms with Gasteiger partial charge in [0.25, 0.3) is 11.8 Å². The zero-order chi connectivity index (χ0) is 32.6. The monoisotopic (exact) mass is 678 g/mol. The number of nitrogens with one attached hydrogen (secondary N) is 2. The van der Waals surface area contributed by atoms with Gasteiger partial charge in [0.15, 0.2) is 23.6 Å². The zero-order valence-electron chi connectivity index (χ0n) is 23.9. The lowest BCUT2D eigenvalue weighted by molar-refractivity contribution is -0.663. The second kappa shape index (κ2) is 12.9. The van der Waals surface area contributed by atoms with E-state index in [1.807, 2.05) is 40.6 Å². The third-order valence-electron chi connectivity index (χ3n) is 7.15. The van der Waals surface area contributed by atoms with Gasteiger partial charge in [0.2, 0.25) is 11.6 Å². The van der Waals surface area contributed by atoms with Crippen molar-refractivity contribution >= 4 is 86.1 Å². The number of β-lactam (4-membered cyclic amide) rings is 1. The van der Waals surface area contributed by atoms with Crippen molar-refractivity contribution in [3.63, 3.8) is 0 Å². The molecule has 0 spiro atoms. The van der Waals surface area contributed by atoms with Crippen LogP contribution in [0.15, 0.2) is 40.8 Å². The molecule has 2 amide bonds. The first-order valence-corrected chi connectivity index (χ1v) is 15.7. The summed E-state index contributed by atoms with van der Waals surface area (Å²) in [4.78, 5) is 60.4. The Bertz CT molecular complexity index is 1770. The van der Waals surface area contributed by atoms with Crippen molar-refractivity contribution < 1.29 is 38.8 Å². The predicted octanol–water partition coefficient (Wildman–Crippen LogP) is 0.0551. The number of amides is 2. The number of thiazole rings is 1. The number of thioether (sulfide) groups is 1. The summed E-state index contributed by atoms with van der Waals surface area (Å²) in [7, 11) is 1.85. The lowest BCUT2D eigenvalue weighted by Crippen LogP contribution is -2.71. The van der Waals surface area contributed by atoms with Crippen molar-refractivity contribution in [1.82, 2.24) is 25.1 Å². The summed E-state index contributed by atoms with van der Waals surface area (Å²) in [5.74, 6) is -3.38. The van der Waals surface area contributed by atoms with Gasteiger partial charge in [-0.25, -0.2) is 14.6 Å². The van der Waals surface area contributed by atoms with Gasteiger partial charge in [0.1, 0.15) is 38.5 Å². The largest absolute Gasteiger partial charge is 0.478 e. The average Bonchev–Trinajstić information content (AvgIpc) is 3.51. The third-order valence-corrected chi connectivity index (χ3v) is 9.58. The zero-order valence-corrected chi connectivity index (χ0v) is 26.3. The summed E-state index contributed by atoms with van der Waals surface area (Å²) in [5, 5.41) is 27.9. The maximum absolute atomic E-state index is 13.3. The molecule has 0 saturated carbocycles. The van der Waals surface area contributed by atoms with E-state index in [4.69, 9.17) is 33.0 Å². The van der Waals surface area contributed by atoms with Crippen molar-refractivity contribution in [3.05, 3.63) is 45.7 Å². The number of hydrogen-bond donors (Lipinski definition) is 6. The number of carbonyl (C=O) groups excluding carboxylic acids is 2. The molecule has 1 unspecified atom stereocenters. The Hall–Kier alpha value is -4.39. The maximum atomic E-state index is 13.3. The molecule has 3 atom stereocenters. The van der Waals surface area contributed by atoms with E-state index in [0.717, 1.165) is 27.3 Å². The van der Waals surface area contributed by atoms with E-state index >= 15 is 0 Å². The van der Waals surface area contributed by atoms with Crippen LogP contribution in [-0.2, 0) is 37.1 Å². The van der Waals surface area contributed by atoms with Crippen LogP contribution in [0.5, 0.6) is 0 Å². The number of likely N-dealkylation sites (N-methyl/N-ethyl adjacent to an activating group) is 1. The number of fused-ring (bicyclic) bond motifs is 2. The van der Waals surface area contributed by atoms with Crippen molar-refractivity contribution in [1.29, 1.82) is 0 Å². The number of hydrogen-bond acceptors (Lipinski definition) is 12. The normalized spacial score (nSPS) is 18.9. The lowest BCUT2D eigenvalue weighted by atomic mass is 10.0. The second-order valence-electron chi connectivity index (χ2n) is 10.0. The minimum Gasteiger partial charge on any atom is -0.478 e.